The molecule has 0 saturated carbocycles. The highest BCUT2D eigenvalue weighted by Crippen LogP contribution is 2.31. The average Bonchev–Trinajstić information content (AvgIpc) is 2.53. The van der Waals surface area contributed by atoms with Crippen molar-refractivity contribution in [3.05, 3.63) is 54.1 Å². The lowest BCUT2D eigenvalue weighted by Crippen LogP contribution is -2.17. The van der Waals surface area contributed by atoms with Crippen molar-refractivity contribution >= 4 is 0 Å². The fourth-order valence-corrected chi connectivity index (χ4v) is 2.44. The smallest absolute Gasteiger partial charge is 0.127 e. The zero-order chi connectivity index (χ0) is 15.1. The van der Waals surface area contributed by atoms with Crippen LogP contribution < -0.4 is 10.1 Å². The predicted octanol–water partition coefficient (Wildman–Crippen LogP) is 4.81. The van der Waals surface area contributed by atoms with Crippen LogP contribution in [-0.2, 0) is 0 Å². The van der Waals surface area contributed by atoms with E-state index in [4.69, 9.17) is 4.74 Å². The van der Waals surface area contributed by atoms with Crippen molar-refractivity contribution in [2.45, 2.75) is 33.2 Å². The van der Waals surface area contributed by atoms with Gasteiger partial charge in [-0.05, 0) is 43.1 Å². The summed E-state index contributed by atoms with van der Waals surface area (Å²) < 4.78 is 5.87. The largest absolute Gasteiger partial charge is 0.493 e. The summed E-state index contributed by atoms with van der Waals surface area (Å²) in [7, 11) is 0. The van der Waals surface area contributed by atoms with Crippen molar-refractivity contribution in [3.8, 4) is 16.9 Å². The molecule has 0 aliphatic heterocycles. The number of hydrogen-bond acceptors (Lipinski definition) is 2. The van der Waals surface area contributed by atoms with Gasteiger partial charge in [-0.1, -0.05) is 50.2 Å². The van der Waals surface area contributed by atoms with Crippen molar-refractivity contribution in [3.63, 3.8) is 0 Å². The van der Waals surface area contributed by atoms with Crippen LogP contribution in [0.2, 0.25) is 0 Å². The molecule has 112 valence electrons. The minimum Gasteiger partial charge on any atom is -0.493 e. The number of para-hydroxylation sites is 1. The first kappa shape index (κ1) is 15.6. The van der Waals surface area contributed by atoms with Crippen molar-refractivity contribution in [2.75, 3.05) is 13.2 Å². The van der Waals surface area contributed by atoms with Crippen molar-refractivity contribution < 1.29 is 4.74 Å². The maximum atomic E-state index is 5.87. The number of nitrogens with one attached hydrogen (secondary N) is 1. The molecule has 1 atom stereocenters. The maximum Gasteiger partial charge on any atom is 0.127 e. The molecule has 0 heterocycles. The van der Waals surface area contributed by atoms with E-state index in [0.29, 0.717) is 6.04 Å². The molecule has 0 spiro atoms. The lowest BCUT2D eigenvalue weighted by molar-refractivity contribution is 0.318. The summed E-state index contributed by atoms with van der Waals surface area (Å²) in [4.78, 5) is 0. The standard InChI is InChI=1S/C19H25NO/c1-4-13-21-19-12-7-6-11-18(19)17-10-8-9-16(14-17)15(3)20-5-2/h6-12,14-15,20H,4-5,13H2,1-3H3. The van der Waals surface area contributed by atoms with Gasteiger partial charge in [0.1, 0.15) is 5.75 Å². The predicted molar refractivity (Wildman–Crippen MR) is 89.8 cm³/mol. The van der Waals surface area contributed by atoms with Crippen molar-refractivity contribution in [1.29, 1.82) is 0 Å². The highest BCUT2D eigenvalue weighted by molar-refractivity contribution is 5.71. The molecule has 2 nitrogen and oxygen atoms in total. The summed E-state index contributed by atoms with van der Waals surface area (Å²) >= 11 is 0. The molecule has 0 saturated heterocycles. The Bertz CT molecular complexity index is 565. The van der Waals surface area contributed by atoms with Crippen LogP contribution in [0.1, 0.15) is 38.8 Å². The van der Waals surface area contributed by atoms with E-state index in [1.807, 2.05) is 12.1 Å². The molecule has 0 amide bonds. The molecular weight excluding hydrogens is 258 g/mol. The van der Waals surface area contributed by atoms with Gasteiger partial charge in [0.25, 0.3) is 0 Å². The topological polar surface area (TPSA) is 21.3 Å². The molecule has 0 fully saturated rings. The first-order valence-corrected chi connectivity index (χ1v) is 7.81. The van der Waals surface area contributed by atoms with Gasteiger partial charge in [-0.2, -0.15) is 0 Å². The van der Waals surface area contributed by atoms with Crippen LogP contribution in [0.4, 0.5) is 0 Å². The second-order valence-electron chi connectivity index (χ2n) is 5.25. The fourth-order valence-electron chi connectivity index (χ4n) is 2.44. The van der Waals surface area contributed by atoms with Gasteiger partial charge < -0.3 is 10.1 Å². The zero-order valence-electron chi connectivity index (χ0n) is 13.2. The van der Waals surface area contributed by atoms with Gasteiger partial charge in [0, 0.05) is 11.6 Å². The van der Waals surface area contributed by atoms with Crippen LogP contribution in [-0.4, -0.2) is 13.2 Å². The summed E-state index contributed by atoms with van der Waals surface area (Å²) in [6, 6.07) is 17.3. The molecule has 0 aliphatic rings. The van der Waals surface area contributed by atoms with Crippen molar-refractivity contribution in [2.24, 2.45) is 0 Å². The normalized spacial score (nSPS) is 12.1. The van der Waals surface area contributed by atoms with E-state index in [9.17, 15) is 0 Å². The average molecular weight is 283 g/mol. The minimum atomic E-state index is 0.360. The Balaban J connectivity index is 2.31. The van der Waals surface area contributed by atoms with Crippen LogP contribution in [0.3, 0.4) is 0 Å². The fraction of sp³-hybridized carbons (Fsp3) is 0.368. The Hall–Kier alpha value is -1.80. The highest BCUT2D eigenvalue weighted by atomic mass is 16.5. The quantitative estimate of drug-likeness (QED) is 0.787. The van der Waals surface area contributed by atoms with Crippen LogP contribution in [0.15, 0.2) is 48.5 Å². The summed E-state index contributed by atoms with van der Waals surface area (Å²) in [5.74, 6) is 0.965. The van der Waals surface area contributed by atoms with E-state index in [-0.39, 0.29) is 0 Å². The van der Waals surface area contributed by atoms with Gasteiger partial charge >= 0.3 is 0 Å². The van der Waals surface area contributed by atoms with E-state index in [2.05, 4.69) is 62.5 Å². The van der Waals surface area contributed by atoms with E-state index in [0.717, 1.165) is 30.9 Å². The van der Waals surface area contributed by atoms with E-state index >= 15 is 0 Å². The molecule has 1 N–H and O–H groups in total. The first-order valence-electron chi connectivity index (χ1n) is 7.81. The SMILES string of the molecule is CCCOc1ccccc1-c1cccc(C(C)NCC)c1. The lowest BCUT2D eigenvalue weighted by Gasteiger charge is -2.15. The van der Waals surface area contributed by atoms with Crippen LogP contribution >= 0.6 is 0 Å². The van der Waals surface area contributed by atoms with Gasteiger partial charge in [0.15, 0.2) is 0 Å². The van der Waals surface area contributed by atoms with E-state index in [1.54, 1.807) is 0 Å². The summed E-state index contributed by atoms with van der Waals surface area (Å²) in [6.45, 7) is 8.18. The highest BCUT2D eigenvalue weighted by Gasteiger charge is 2.09. The molecule has 2 aromatic rings. The molecule has 0 aromatic heterocycles. The van der Waals surface area contributed by atoms with Crippen LogP contribution in [0.25, 0.3) is 11.1 Å². The third-order valence-corrected chi connectivity index (χ3v) is 3.56. The maximum absolute atomic E-state index is 5.87. The second-order valence-corrected chi connectivity index (χ2v) is 5.25. The summed E-state index contributed by atoms with van der Waals surface area (Å²) in [6.07, 6.45) is 1.02. The monoisotopic (exact) mass is 283 g/mol. The Labute approximate surface area is 128 Å². The third kappa shape index (κ3) is 4.08. The summed E-state index contributed by atoms with van der Waals surface area (Å²) in [5.41, 5.74) is 3.68. The molecule has 1 unspecified atom stereocenters. The molecule has 0 aliphatic carbocycles. The van der Waals surface area contributed by atoms with Gasteiger partial charge in [0.05, 0.1) is 6.61 Å². The molecule has 21 heavy (non-hydrogen) atoms. The van der Waals surface area contributed by atoms with Crippen LogP contribution in [0.5, 0.6) is 5.75 Å². The first-order chi connectivity index (χ1) is 10.3. The molecule has 2 rings (SSSR count). The van der Waals surface area contributed by atoms with Gasteiger partial charge in [-0.3, -0.25) is 0 Å². The molecular formula is C19H25NO. The molecule has 2 aromatic carbocycles. The van der Waals surface area contributed by atoms with Crippen molar-refractivity contribution in [1.82, 2.24) is 5.32 Å². The van der Waals surface area contributed by atoms with Gasteiger partial charge in [-0.25, -0.2) is 0 Å². The molecule has 0 bridgehead atoms. The number of ether oxygens (including phenoxy) is 1. The Kier molecular flexibility index (Phi) is 5.82. The summed E-state index contributed by atoms with van der Waals surface area (Å²) in [5, 5.41) is 3.46. The second kappa shape index (κ2) is 7.84. The van der Waals surface area contributed by atoms with Gasteiger partial charge in [-0.15, -0.1) is 0 Å². The Morgan fingerprint density at radius 2 is 1.86 bits per heavy atom. The van der Waals surface area contributed by atoms with E-state index < -0.39 is 0 Å². The number of hydrogen-bond donors (Lipinski definition) is 1. The minimum absolute atomic E-state index is 0.360. The zero-order valence-corrected chi connectivity index (χ0v) is 13.2. The van der Waals surface area contributed by atoms with Gasteiger partial charge in [0.2, 0.25) is 0 Å². The molecule has 2 heteroatoms. The Morgan fingerprint density at radius 3 is 2.62 bits per heavy atom. The number of rotatable bonds is 7. The third-order valence-electron chi connectivity index (χ3n) is 3.56. The Morgan fingerprint density at radius 1 is 1.05 bits per heavy atom. The lowest BCUT2D eigenvalue weighted by atomic mass is 9.99. The van der Waals surface area contributed by atoms with E-state index in [1.165, 1.54) is 11.1 Å². The molecule has 0 radical (unpaired) electrons. The van der Waals surface area contributed by atoms with Crippen LogP contribution in [0, 0.1) is 0 Å². The number of benzene rings is 2.